The van der Waals surface area contributed by atoms with Gasteiger partial charge in [0.05, 0.1) is 0 Å². The van der Waals surface area contributed by atoms with Crippen molar-refractivity contribution >= 4 is 11.9 Å². The number of aliphatic carboxylic acids is 1. The topological polar surface area (TPSA) is 60.9 Å². The highest BCUT2D eigenvalue weighted by Crippen LogP contribution is 2.44. The number of hydrogen-bond acceptors (Lipinski definition) is 3. The van der Waals surface area contributed by atoms with Crippen molar-refractivity contribution in [2.24, 2.45) is 11.3 Å². The Morgan fingerprint density at radius 2 is 1.81 bits per heavy atom. The zero-order valence-corrected chi connectivity index (χ0v) is 14.9. The quantitative estimate of drug-likeness (QED) is 0.896. The van der Waals surface area contributed by atoms with Gasteiger partial charge in [-0.2, -0.15) is 0 Å². The number of carbonyl (C=O) groups excluding carboxylic acids is 1. The average Bonchev–Trinajstić information content (AvgIpc) is 3.41. The lowest BCUT2D eigenvalue weighted by Gasteiger charge is -2.39. The maximum atomic E-state index is 13.1. The summed E-state index contributed by atoms with van der Waals surface area (Å²) in [4.78, 5) is 28.0. The first kappa shape index (κ1) is 17.5. The number of carbonyl (C=O) groups is 2. The maximum absolute atomic E-state index is 13.1. The van der Waals surface area contributed by atoms with E-state index in [0.29, 0.717) is 13.0 Å². The predicted molar refractivity (Wildman–Crippen MR) is 93.8 cm³/mol. The Labute approximate surface area is 152 Å². The lowest BCUT2D eigenvalue weighted by atomic mass is 9.76. The lowest BCUT2D eigenvalue weighted by molar-refractivity contribution is -0.142. The summed E-state index contributed by atoms with van der Waals surface area (Å²) in [6.45, 7) is 2.73. The molecule has 1 spiro atoms. The van der Waals surface area contributed by atoms with Crippen LogP contribution in [-0.4, -0.2) is 52.5 Å². The molecule has 1 atom stereocenters. The first-order valence-corrected chi connectivity index (χ1v) is 9.46. The number of piperidine rings is 1. The van der Waals surface area contributed by atoms with Crippen LogP contribution in [0.1, 0.15) is 37.7 Å². The number of carboxylic acid groups (broad SMARTS) is 1. The molecule has 0 aromatic heterocycles. The monoisotopic (exact) mass is 360 g/mol. The van der Waals surface area contributed by atoms with Gasteiger partial charge in [-0.3, -0.25) is 14.5 Å². The van der Waals surface area contributed by atoms with E-state index in [1.807, 2.05) is 9.80 Å². The van der Waals surface area contributed by atoms with Crippen LogP contribution in [0.3, 0.4) is 0 Å². The van der Waals surface area contributed by atoms with Crippen molar-refractivity contribution in [3.63, 3.8) is 0 Å². The molecule has 6 heteroatoms. The summed E-state index contributed by atoms with van der Waals surface area (Å²) in [7, 11) is 0. The summed E-state index contributed by atoms with van der Waals surface area (Å²) in [6.07, 6.45) is 4.42. The molecule has 2 aliphatic heterocycles. The van der Waals surface area contributed by atoms with Gasteiger partial charge in [-0.05, 0) is 55.2 Å². The van der Waals surface area contributed by atoms with E-state index in [4.69, 9.17) is 0 Å². The van der Waals surface area contributed by atoms with Crippen LogP contribution < -0.4 is 0 Å². The normalized spacial score (nSPS) is 25.6. The molecule has 0 unspecified atom stereocenters. The fourth-order valence-corrected chi connectivity index (χ4v) is 4.53. The molecule has 140 valence electrons. The minimum Gasteiger partial charge on any atom is -0.480 e. The summed E-state index contributed by atoms with van der Waals surface area (Å²) in [6, 6.07) is 5.76. The molecule has 4 rings (SSSR count). The van der Waals surface area contributed by atoms with E-state index in [9.17, 15) is 19.1 Å². The fraction of sp³-hybridized carbons (Fsp3) is 0.600. The van der Waals surface area contributed by atoms with Crippen molar-refractivity contribution in [3.05, 3.63) is 35.6 Å². The highest BCUT2D eigenvalue weighted by molar-refractivity contribution is 5.81. The Hall–Kier alpha value is -1.95. The van der Waals surface area contributed by atoms with Crippen LogP contribution in [0.15, 0.2) is 24.3 Å². The lowest BCUT2D eigenvalue weighted by Crippen LogP contribution is -2.44. The van der Waals surface area contributed by atoms with Crippen molar-refractivity contribution < 1.29 is 19.1 Å². The molecule has 3 aliphatic rings. The minimum atomic E-state index is -0.791. The third kappa shape index (κ3) is 3.47. The van der Waals surface area contributed by atoms with E-state index >= 15 is 0 Å². The Morgan fingerprint density at radius 3 is 2.38 bits per heavy atom. The molecule has 2 heterocycles. The molecule has 1 amide bonds. The highest BCUT2D eigenvalue weighted by atomic mass is 19.1. The number of nitrogens with zero attached hydrogens (tertiary/aromatic N) is 2. The number of likely N-dealkylation sites (tertiary alicyclic amines) is 2. The Morgan fingerprint density at radius 1 is 1.15 bits per heavy atom. The summed E-state index contributed by atoms with van der Waals surface area (Å²) < 4.78 is 13.1. The smallest absolute Gasteiger partial charge is 0.320 e. The van der Waals surface area contributed by atoms with Gasteiger partial charge in [0.2, 0.25) is 5.91 Å². The fourth-order valence-electron chi connectivity index (χ4n) is 4.53. The summed E-state index contributed by atoms with van der Waals surface area (Å²) in [5.74, 6) is -0.542. The van der Waals surface area contributed by atoms with Crippen LogP contribution in [0.5, 0.6) is 0 Å². The Balaban J connectivity index is 1.43. The molecule has 1 aromatic carbocycles. The summed E-state index contributed by atoms with van der Waals surface area (Å²) >= 11 is 0. The van der Waals surface area contributed by atoms with E-state index in [-0.39, 0.29) is 23.1 Å². The van der Waals surface area contributed by atoms with Crippen molar-refractivity contribution in [2.45, 2.75) is 44.7 Å². The van der Waals surface area contributed by atoms with Crippen LogP contribution in [0.2, 0.25) is 0 Å². The molecular weight excluding hydrogens is 335 g/mol. The van der Waals surface area contributed by atoms with E-state index in [1.54, 1.807) is 12.1 Å². The van der Waals surface area contributed by atoms with E-state index in [2.05, 4.69) is 0 Å². The molecule has 1 saturated carbocycles. The van der Waals surface area contributed by atoms with E-state index in [1.165, 1.54) is 12.1 Å². The number of rotatable bonds is 4. The Kier molecular flexibility index (Phi) is 4.47. The first-order valence-electron chi connectivity index (χ1n) is 9.46. The zero-order chi connectivity index (χ0) is 18.3. The van der Waals surface area contributed by atoms with Crippen molar-refractivity contribution in [1.29, 1.82) is 0 Å². The second-order valence-electron chi connectivity index (χ2n) is 8.19. The SMILES string of the molecule is O=C(O)[C@H]1CC2(CCN(C(=O)C3CC3)CC2)CN1Cc1ccc(F)cc1. The van der Waals surface area contributed by atoms with Gasteiger partial charge in [0.15, 0.2) is 0 Å². The molecule has 26 heavy (non-hydrogen) atoms. The molecule has 1 N–H and O–H groups in total. The molecule has 0 bridgehead atoms. The van der Waals surface area contributed by atoms with Crippen molar-refractivity contribution in [1.82, 2.24) is 9.80 Å². The van der Waals surface area contributed by atoms with E-state index < -0.39 is 12.0 Å². The van der Waals surface area contributed by atoms with Gasteiger partial charge in [-0.25, -0.2) is 4.39 Å². The molecule has 5 nitrogen and oxygen atoms in total. The van der Waals surface area contributed by atoms with Crippen LogP contribution in [0, 0.1) is 17.2 Å². The number of hydrogen-bond donors (Lipinski definition) is 1. The first-order chi connectivity index (χ1) is 12.5. The van der Waals surface area contributed by atoms with Gasteiger partial charge in [0.25, 0.3) is 0 Å². The summed E-state index contributed by atoms with van der Waals surface area (Å²) in [5.41, 5.74) is 0.903. The van der Waals surface area contributed by atoms with Gasteiger partial charge in [-0.1, -0.05) is 12.1 Å². The number of halogens is 1. The van der Waals surface area contributed by atoms with Crippen LogP contribution >= 0.6 is 0 Å². The molecular formula is C20H25FN2O3. The molecule has 1 aliphatic carbocycles. The van der Waals surface area contributed by atoms with Crippen molar-refractivity contribution in [3.8, 4) is 0 Å². The van der Waals surface area contributed by atoms with Crippen LogP contribution in [0.4, 0.5) is 4.39 Å². The van der Waals surface area contributed by atoms with Gasteiger partial charge >= 0.3 is 5.97 Å². The minimum absolute atomic E-state index is 0.0244. The molecule has 1 aromatic rings. The maximum Gasteiger partial charge on any atom is 0.320 e. The Bertz CT molecular complexity index is 694. The predicted octanol–water partition coefficient (Wildman–Crippen LogP) is 2.50. The van der Waals surface area contributed by atoms with Gasteiger partial charge in [0, 0.05) is 32.1 Å². The number of amides is 1. The second-order valence-corrected chi connectivity index (χ2v) is 8.19. The highest BCUT2D eigenvalue weighted by Gasteiger charge is 2.49. The number of carboxylic acids is 1. The van der Waals surface area contributed by atoms with Crippen LogP contribution in [-0.2, 0) is 16.1 Å². The largest absolute Gasteiger partial charge is 0.480 e. The standard InChI is InChI=1S/C20H25FN2O3/c21-16-5-1-14(2-6-16)12-23-13-20(11-17(23)19(25)26)7-9-22(10-8-20)18(24)15-3-4-15/h1-2,5-6,15,17H,3-4,7-13H2,(H,25,26)/t17-/m1/s1. The third-order valence-corrected chi connectivity index (χ3v) is 6.25. The second kappa shape index (κ2) is 6.65. The van der Waals surface area contributed by atoms with Gasteiger partial charge in [0.1, 0.15) is 11.9 Å². The zero-order valence-electron chi connectivity index (χ0n) is 14.9. The third-order valence-electron chi connectivity index (χ3n) is 6.25. The number of benzene rings is 1. The average molecular weight is 360 g/mol. The van der Waals surface area contributed by atoms with Gasteiger partial charge < -0.3 is 10.0 Å². The molecule has 3 fully saturated rings. The molecule has 0 radical (unpaired) electrons. The van der Waals surface area contributed by atoms with Gasteiger partial charge in [-0.15, -0.1) is 0 Å². The summed E-state index contributed by atoms with van der Waals surface area (Å²) in [5, 5.41) is 9.67. The van der Waals surface area contributed by atoms with Crippen molar-refractivity contribution in [2.75, 3.05) is 19.6 Å². The molecule has 2 saturated heterocycles. The van der Waals surface area contributed by atoms with Crippen LogP contribution in [0.25, 0.3) is 0 Å². The van der Waals surface area contributed by atoms with E-state index in [0.717, 1.165) is 50.9 Å².